The van der Waals surface area contributed by atoms with Gasteiger partial charge in [-0.25, -0.2) is 0 Å². The SMILES string of the molecule is COc1cccc(Cn2cc([N+](=O)[O-])ccc2=O)c1. The van der Waals surface area contributed by atoms with Crippen molar-refractivity contribution in [2.24, 2.45) is 0 Å². The van der Waals surface area contributed by atoms with Gasteiger partial charge in [0.1, 0.15) is 5.75 Å². The molecule has 6 nitrogen and oxygen atoms in total. The Morgan fingerprint density at radius 2 is 2.11 bits per heavy atom. The Kier molecular flexibility index (Phi) is 3.61. The Hall–Kier alpha value is -2.63. The second-order valence-corrected chi connectivity index (χ2v) is 3.96. The van der Waals surface area contributed by atoms with Gasteiger partial charge in [0.05, 0.1) is 24.8 Å². The molecule has 6 heteroatoms. The lowest BCUT2D eigenvalue weighted by atomic mass is 10.2. The lowest BCUT2D eigenvalue weighted by Crippen LogP contribution is -2.19. The van der Waals surface area contributed by atoms with Gasteiger partial charge in [0, 0.05) is 12.1 Å². The number of nitrogens with zero attached hydrogens (tertiary/aromatic N) is 2. The molecule has 2 rings (SSSR count). The molecule has 1 heterocycles. The maximum atomic E-state index is 11.7. The average Bonchev–Trinajstić information content (AvgIpc) is 2.41. The van der Waals surface area contributed by atoms with Gasteiger partial charge in [-0.1, -0.05) is 12.1 Å². The highest BCUT2D eigenvalue weighted by molar-refractivity contribution is 5.30. The van der Waals surface area contributed by atoms with E-state index in [4.69, 9.17) is 4.74 Å². The molecule has 0 amide bonds. The molecule has 0 aliphatic rings. The summed E-state index contributed by atoms with van der Waals surface area (Å²) in [5, 5.41) is 10.7. The van der Waals surface area contributed by atoms with E-state index in [0.29, 0.717) is 5.75 Å². The summed E-state index contributed by atoms with van der Waals surface area (Å²) in [7, 11) is 1.55. The van der Waals surface area contributed by atoms with Crippen LogP contribution in [0.3, 0.4) is 0 Å². The number of hydrogen-bond acceptors (Lipinski definition) is 4. The summed E-state index contributed by atoms with van der Waals surface area (Å²) in [6, 6.07) is 9.60. The summed E-state index contributed by atoms with van der Waals surface area (Å²) < 4.78 is 6.39. The van der Waals surface area contributed by atoms with E-state index in [2.05, 4.69) is 0 Å². The largest absolute Gasteiger partial charge is 0.497 e. The van der Waals surface area contributed by atoms with Gasteiger partial charge in [0.25, 0.3) is 11.2 Å². The van der Waals surface area contributed by atoms with Crippen LogP contribution >= 0.6 is 0 Å². The first-order chi connectivity index (χ1) is 9.10. The Morgan fingerprint density at radius 1 is 1.32 bits per heavy atom. The van der Waals surface area contributed by atoms with Crippen LogP contribution in [0.25, 0.3) is 0 Å². The Bertz CT molecular complexity index is 664. The number of rotatable bonds is 4. The van der Waals surface area contributed by atoms with Crippen molar-refractivity contribution in [3.63, 3.8) is 0 Å². The minimum absolute atomic E-state index is 0.109. The van der Waals surface area contributed by atoms with Gasteiger partial charge in [0.2, 0.25) is 0 Å². The van der Waals surface area contributed by atoms with E-state index in [1.165, 1.54) is 22.9 Å². The fourth-order valence-electron chi connectivity index (χ4n) is 1.72. The minimum Gasteiger partial charge on any atom is -0.497 e. The molecule has 0 saturated heterocycles. The van der Waals surface area contributed by atoms with E-state index in [0.717, 1.165) is 5.56 Å². The van der Waals surface area contributed by atoms with Gasteiger partial charge < -0.3 is 9.30 Å². The molecule has 1 aromatic heterocycles. The highest BCUT2D eigenvalue weighted by Gasteiger charge is 2.08. The van der Waals surface area contributed by atoms with Crippen LogP contribution in [-0.2, 0) is 6.54 Å². The Balaban J connectivity index is 2.34. The van der Waals surface area contributed by atoms with Crippen molar-refractivity contribution in [1.82, 2.24) is 4.57 Å². The summed E-state index contributed by atoms with van der Waals surface area (Å²) in [5.41, 5.74) is 0.442. The molecule has 0 saturated carbocycles. The zero-order chi connectivity index (χ0) is 13.8. The molecule has 0 atom stereocenters. The van der Waals surface area contributed by atoms with Crippen molar-refractivity contribution in [2.75, 3.05) is 7.11 Å². The molecule has 0 N–H and O–H groups in total. The summed E-state index contributed by atoms with van der Waals surface area (Å²) in [6.45, 7) is 0.262. The quantitative estimate of drug-likeness (QED) is 0.620. The summed E-state index contributed by atoms with van der Waals surface area (Å²) in [5.74, 6) is 0.677. The first kappa shape index (κ1) is 12.8. The van der Waals surface area contributed by atoms with Crippen molar-refractivity contribution in [3.8, 4) is 5.75 Å². The van der Waals surface area contributed by atoms with Crippen LogP contribution in [0, 0.1) is 10.1 Å². The van der Waals surface area contributed by atoms with Crippen molar-refractivity contribution in [1.29, 1.82) is 0 Å². The third-order valence-corrected chi connectivity index (χ3v) is 2.67. The zero-order valence-corrected chi connectivity index (χ0v) is 10.3. The molecule has 0 aliphatic carbocycles. The summed E-state index contributed by atoms with van der Waals surface area (Å²) in [4.78, 5) is 21.8. The van der Waals surface area contributed by atoms with Gasteiger partial charge in [0.15, 0.2) is 0 Å². The highest BCUT2D eigenvalue weighted by Crippen LogP contribution is 2.14. The third-order valence-electron chi connectivity index (χ3n) is 2.67. The van der Waals surface area contributed by atoms with Crippen LogP contribution in [0.4, 0.5) is 5.69 Å². The number of benzene rings is 1. The molecule has 19 heavy (non-hydrogen) atoms. The fraction of sp³-hybridized carbons (Fsp3) is 0.154. The molecule has 0 aliphatic heterocycles. The normalized spacial score (nSPS) is 10.2. The molecular formula is C13H12N2O4. The Labute approximate surface area is 109 Å². The predicted molar refractivity (Wildman–Crippen MR) is 69.5 cm³/mol. The summed E-state index contributed by atoms with van der Waals surface area (Å²) in [6.07, 6.45) is 1.24. The molecule has 0 unspecified atom stereocenters. The number of nitro groups is 1. The third kappa shape index (κ3) is 2.98. The van der Waals surface area contributed by atoms with E-state index in [1.54, 1.807) is 25.3 Å². The maximum Gasteiger partial charge on any atom is 0.285 e. The van der Waals surface area contributed by atoms with Gasteiger partial charge in [-0.15, -0.1) is 0 Å². The van der Waals surface area contributed by atoms with Crippen molar-refractivity contribution >= 4 is 5.69 Å². The number of aromatic nitrogens is 1. The Morgan fingerprint density at radius 3 is 2.79 bits per heavy atom. The zero-order valence-electron chi connectivity index (χ0n) is 10.3. The standard InChI is InChI=1S/C13H12N2O4/c1-19-12-4-2-3-10(7-12)8-14-9-11(15(17)18)5-6-13(14)16/h2-7,9H,8H2,1H3. The van der Waals surface area contributed by atoms with E-state index in [1.807, 2.05) is 6.07 Å². The van der Waals surface area contributed by atoms with Crippen LogP contribution in [0.15, 0.2) is 47.4 Å². The number of pyridine rings is 1. The molecular weight excluding hydrogens is 248 g/mol. The van der Waals surface area contributed by atoms with Crippen LogP contribution in [0.5, 0.6) is 5.75 Å². The van der Waals surface area contributed by atoms with Crippen LogP contribution in [0.2, 0.25) is 0 Å². The second kappa shape index (κ2) is 5.34. The fourth-order valence-corrected chi connectivity index (χ4v) is 1.72. The maximum absolute atomic E-state index is 11.7. The number of hydrogen-bond donors (Lipinski definition) is 0. The van der Waals surface area contributed by atoms with Gasteiger partial charge in [-0.05, 0) is 17.7 Å². The van der Waals surface area contributed by atoms with E-state index in [9.17, 15) is 14.9 Å². The van der Waals surface area contributed by atoms with E-state index >= 15 is 0 Å². The molecule has 0 bridgehead atoms. The predicted octanol–water partition coefficient (Wildman–Crippen LogP) is 1.81. The smallest absolute Gasteiger partial charge is 0.285 e. The van der Waals surface area contributed by atoms with Crippen LogP contribution in [0.1, 0.15) is 5.56 Å². The lowest BCUT2D eigenvalue weighted by molar-refractivity contribution is -0.385. The van der Waals surface area contributed by atoms with Crippen LogP contribution < -0.4 is 10.3 Å². The minimum atomic E-state index is -0.526. The second-order valence-electron chi connectivity index (χ2n) is 3.96. The van der Waals surface area contributed by atoms with Crippen molar-refractivity contribution in [2.45, 2.75) is 6.54 Å². The molecule has 0 fully saturated rings. The van der Waals surface area contributed by atoms with Gasteiger partial charge >= 0.3 is 0 Å². The topological polar surface area (TPSA) is 74.4 Å². The molecule has 0 radical (unpaired) electrons. The number of methoxy groups -OCH3 is 1. The molecule has 1 aromatic carbocycles. The highest BCUT2D eigenvalue weighted by atomic mass is 16.6. The van der Waals surface area contributed by atoms with E-state index < -0.39 is 4.92 Å². The van der Waals surface area contributed by atoms with Crippen LogP contribution in [-0.4, -0.2) is 16.6 Å². The van der Waals surface area contributed by atoms with Crippen molar-refractivity contribution < 1.29 is 9.66 Å². The first-order valence-electron chi connectivity index (χ1n) is 5.58. The molecule has 98 valence electrons. The van der Waals surface area contributed by atoms with Crippen molar-refractivity contribution in [3.05, 3.63) is 68.6 Å². The average molecular weight is 260 g/mol. The van der Waals surface area contributed by atoms with Gasteiger partial charge in [-0.2, -0.15) is 0 Å². The van der Waals surface area contributed by atoms with Gasteiger partial charge in [-0.3, -0.25) is 14.9 Å². The summed E-state index contributed by atoms with van der Waals surface area (Å²) >= 11 is 0. The number of ether oxygens (including phenoxy) is 1. The van der Waals surface area contributed by atoms with E-state index in [-0.39, 0.29) is 17.8 Å². The molecule has 0 spiro atoms. The first-order valence-corrected chi connectivity index (χ1v) is 5.58. The monoisotopic (exact) mass is 260 g/mol. The lowest BCUT2D eigenvalue weighted by Gasteiger charge is -2.07. The molecule has 2 aromatic rings.